The second-order valence-corrected chi connectivity index (χ2v) is 13.4. The number of para-hydroxylation sites is 2. The van der Waals surface area contributed by atoms with E-state index >= 15 is 0 Å². The van der Waals surface area contributed by atoms with Crippen molar-refractivity contribution in [3.8, 4) is 39.4 Å². The summed E-state index contributed by atoms with van der Waals surface area (Å²) in [4.78, 5) is 12.2. The number of pyridine rings is 2. The highest BCUT2D eigenvalue weighted by molar-refractivity contribution is 5.82. The van der Waals surface area contributed by atoms with Gasteiger partial charge in [-0.25, -0.2) is 9.97 Å². The van der Waals surface area contributed by atoms with Crippen LogP contribution in [-0.4, -0.2) is 15.1 Å². The highest BCUT2D eigenvalue weighted by atomic mass is 16.3. The van der Waals surface area contributed by atoms with Crippen LogP contribution in [0.5, 0.6) is 5.75 Å². The van der Waals surface area contributed by atoms with Crippen LogP contribution in [0.25, 0.3) is 33.6 Å². The second kappa shape index (κ2) is 13.6. The third-order valence-electron chi connectivity index (χ3n) is 8.77. The second-order valence-electron chi connectivity index (χ2n) is 13.4. The third kappa shape index (κ3) is 7.14. The lowest BCUT2D eigenvalue weighted by Crippen LogP contribution is -2.15. The van der Waals surface area contributed by atoms with E-state index in [1.54, 1.807) is 6.07 Å². The van der Waals surface area contributed by atoms with Gasteiger partial charge in [-0.05, 0) is 106 Å². The molecule has 0 fully saturated rings. The summed E-state index contributed by atoms with van der Waals surface area (Å²) in [7, 11) is 0. The van der Waals surface area contributed by atoms with Crippen molar-refractivity contribution in [3.63, 3.8) is 0 Å². The molecule has 0 unspecified atom stereocenters. The molecule has 0 aliphatic heterocycles. The van der Waals surface area contributed by atoms with Crippen molar-refractivity contribution in [1.29, 1.82) is 0 Å². The Labute approximate surface area is 289 Å². The van der Waals surface area contributed by atoms with Crippen molar-refractivity contribution in [2.24, 2.45) is 0 Å². The molecule has 0 spiro atoms. The predicted octanol–water partition coefficient (Wildman–Crippen LogP) is 11.5. The molecule has 4 nitrogen and oxygen atoms in total. The zero-order valence-electron chi connectivity index (χ0n) is 28.1. The molecule has 2 aromatic heterocycles. The maximum atomic E-state index is 10.9. The van der Waals surface area contributed by atoms with E-state index in [-0.39, 0.29) is 11.2 Å². The molecule has 0 bridgehead atoms. The summed E-state index contributed by atoms with van der Waals surface area (Å²) in [6.45, 7) is 6.70. The van der Waals surface area contributed by atoms with Gasteiger partial charge in [0.05, 0.1) is 11.4 Å². The van der Waals surface area contributed by atoms with Crippen molar-refractivity contribution in [2.75, 3.05) is 4.90 Å². The Morgan fingerprint density at radius 2 is 1.20 bits per heavy atom. The van der Waals surface area contributed by atoms with Gasteiger partial charge in [0.1, 0.15) is 11.6 Å². The van der Waals surface area contributed by atoms with E-state index in [2.05, 4.69) is 129 Å². The van der Waals surface area contributed by atoms with Crippen LogP contribution in [-0.2, 0) is 11.8 Å². The lowest BCUT2D eigenvalue weighted by atomic mass is 9.85. The smallest absolute Gasteiger partial charge is 0.137 e. The number of anilines is 3. The maximum absolute atomic E-state index is 10.9. The predicted molar refractivity (Wildman–Crippen MR) is 203 cm³/mol. The topological polar surface area (TPSA) is 49.3 Å². The molecule has 7 rings (SSSR count). The van der Waals surface area contributed by atoms with E-state index in [0.29, 0.717) is 11.3 Å². The molecule has 2 heterocycles. The average Bonchev–Trinajstić information content (AvgIpc) is 3.13. The van der Waals surface area contributed by atoms with E-state index in [4.69, 9.17) is 9.97 Å². The van der Waals surface area contributed by atoms with Gasteiger partial charge in [0, 0.05) is 28.7 Å². The van der Waals surface area contributed by atoms with Gasteiger partial charge in [0.2, 0.25) is 0 Å². The fourth-order valence-corrected chi connectivity index (χ4v) is 6.12. The number of rotatable bonds is 8. The van der Waals surface area contributed by atoms with E-state index in [1.807, 2.05) is 54.7 Å². The van der Waals surface area contributed by atoms with Crippen LogP contribution < -0.4 is 4.90 Å². The SMILES string of the molecule is CC(C)(C)c1cc(-c2cc(-c3ccc(Cc4ccccc4)cc3)cc(-c3ccccc3O)n2)cc(N(c2ccccc2)c2ccccn2)c1. The number of benzene rings is 5. The molecule has 0 amide bonds. The number of aromatic nitrogens is 2. The van der Waals surface area contributed by atoms with Crippen LogP contribution in [0.3, 0.4) is 0 Å². The molecule has 5 aromatic carbocycles. The molecule has 0 saturated carbocycles. The largest absolute Gasteiger partial charge is 0.507 e. The first-order valence-corrected chi connectivity index (χ1v) is 16.7. The first-order chi connectivity index (χ1) is 23.8. The summed E-state index contributed by atoms with van der Waals surface area (Å²) in [5, 5.41) is 10.9. The zero-order valence-corrected chi connectivity index (χ0v) is 28.1. The van der Waals surface area contributed by atoms with E-state index in [9.17, 15) is 5.11 Å². The number of phenolic OH excluding ortho intramolecular Hbond substituents is 1. The minimum absolute atomic E-state index is 0.135. The lowest BCUT2D eigenvalue weighted by molar-refractivity contribution is 0.477. The number of aromatic hydroxyl groups is 1. The van der Waals surface area contributed by atoms with E-state index < -0.39 is 0 Å². The monoisotopic (exact) mass is 637 g/mol. The molecular weight excluding hydrogens is 599 g/mol. The molecule has 240 valence electrons. The Hall–Kier alpha value is -6.00. The van der Waals surface area contributed by atoms with Gasteiger partial charge in [-0.15, -0.1) is 0 Å². The standard InChI is InChI=1S/C45H39N3O/c1-45(2,3)37-27-36(28-39(31-37)48(38-16-8-5-9-17-38)44-20-12-13-25-46-44)41-29-35(30-42(47-41)40-18-10-11-19-43(40)49)34-23-21-33(22-24-34)26-32-14-6-4-7-15-32/h4-25,27-31,49H,26H2,1-3H3. The first-order valence-electron chi connectivity index (χ1n) is 16.7. The van der Waals surface area contributed by atoms with Crippen LogP contribution in [0.2, 0.25) is 0 Å². The van der Waals surface area contributed by atoms with Gasteiger partial charge in [0.15, 0.2) is 0 Å². The Bertz CT molecular complexity index is 2130. The Morgan fingerprint density at radius 3 is 1.90 bits per heavy atom. The Kier molecular flexibility index (Phi) is 8.78. The molecule has 4 heteroatoms. The first kappa shape index (κ1) is 31.6. The summed E-state index contributed by atoms with van der Waals surface area (Å²) in [5.41, 5.74) is 10.9. The van der Waals surface area contributed by atoms with Gasteiger partial charge in [-0.3, -0.25) is 4.90 Å². The summed E-state index contributed by atoms with van der Waals surface area (Å²) in [6.07, 6.45) is 2.71. The molecule has 0 aliphatic rings. The molecule has 1 N–H and O–H groups in total. The van der Waals surface area contributed by atoms with Crippen molar-refractivity contribution >= 4 is 17.2 Å². The molecule has 0 saturated heterocycles. The number of nitrogens with zero attached hydrogens (tertiary/aromatic N) is 3. The molecule has 0 atom stereocenters. The van der Waals surface area contributed by atoms with Gasteiger partial charge in [0.25, 0.3) is 0 Å². The fourth-order valence-electron chi connectivity index (χ4n) is 6.12. The fraction of sp³-hybridized carbons (Fsp3) is 0.111. The van der Waals surface area contributed by atoms with E-state index in [1.165, 1.54) is 16.7 Å². The minimum Gasteiger partial charge on any atom is -0.507 e. The molecule has 0 aliphatic carbocycles. The zero-order chi connectivity index (χ0) is 33.8. The average molecular weight is 638 g/mol. The van der Waals surface area contributed by atoms with Crippen molar-refractivity contribution in [1.82, 2.24) is 9.97 Å². The summed E-state index contributed by atoms with van der Waals surface area (Å²) in [5.74, 6) is 1.03. The Morgan fingerprint density at radius 1 is 0.551 bits per heavy atom. The number of phenols is 1. The highest BCUT2D eigenvalue weighted by Gasteiger charge is 2.21. The lowest BCUT2D eigenvalue weighted by Gasteiger charge is -2.28. The Balaban J connectivity index is 1.39. The minimum atomic E-state index is -0.135. The molecular formula is C45H39N3O. The highest BCUT2D eigenvalue weighted by Crippen LogP contribution is 2.40. The van der Waals surface area contributed by atoms with Crippen molar-refractivity contribution in [3.05, 3.63) is 181 Å². The van der Waals surface area contributed by atoms with Crippen molar-refractivity contribution in [2.45, 2.75) is 32.6 Å². The molecule has 7 aromatic rings. The molecule has 49 heavy (non-hydrogen) atoms. The van der Waals surface area contributed by atoms with Gasteiger partial charge in [-0.1, -0.05) is 112 Å². The van der Waals surface area contributed by atoms with Gasteiger partial charge in [-0.2, -0.15) is 0 Å². The van der Waals surface area contributed by atoms with E-state index in [0.717, 1.165) is 46.0 Å². The van der Waals surface area contributed by atoms with Crippen LogP contribution in [0, 0.1) is 0 Å². The molecule has 0 radical (unpaired) electrons. The van der Waals surface area contributed by atoms with Crippen LogP contribution >= 0.6 is 0 Å². The summed E-state index contributed by atoms with van der Waals surface area (Å²) >= 11 is 0. The van der Waals surface area contributed by atoms with Crippen LogP contribution in [0.4, 0.5) is 17.2 Å². The van der Waals surface area contributed by atoms with Crippen molar-refractivity contribution < 1.29 is 5.11 Å². The normalized spacial score (nSPS) is 11.3. The van der Waals surface area contributed by atoms with Gasteiger partial charge < -0.3 is 5.11 Å². The van der Waals surface area contributed by atoms with Crippen LogP contribution in [0.15, 0.2) is 164 Å². The van der Waals surface area contributed by atoms with Crippen LogP contribution in [0.1, 0.15) is 37.5 Å². The summed E-state index contributed by atoms with van der Waals surface area (Å²) in [6, 6.07) is 54.0. The maximum Gasteiger partial charge on any atom is 0.137 e. The number of hydrogen-bond donors (Lipinski definition) is 1. The third-order valence-corrected chi connectivity index (χ3v) is 8.77. The van der Waals surface area contributed by atoms with Gasteiger partial charge >= 0.3 is 0 Å². The number of hydrogen-bond acceptors (Lipinski definition) is 4. The summed E-state index contributed by atoms with van der Waals surface area (Å²) < 4.78 is 0. The quantitative estimate of drug-likeness (QED) is 0.180.